The van der Waals surface area contributed by atoms with Crippen LogP contribution in [0.5, 0.6) is 0 Å². The molecule has 0 bridgehead atoms. The van der Waals surface area contributed by atoms with Crippen LogP contribution in [-0.2, 0) is 22.6 Å². The molecule has 1 aliphatic heterocycles. The molecule has 2 aromatic rings. The second-order valence-electron chi connectivity index (χ2n) is 6.89. The Labute approximate surface area is 154 Å². The van der Waals surface area contributed by atoms with Crippen LogP contribution in [0.4, 0.5) is 0 Å². The number of nitrogens with zero attached hydrogens (tertiary/aromatic N) is 2. The van der Waals surface area contributed by atoms with E-state index in [-0.39, 0.29) is 17.7 Å². The summed E-state index contributed by atoms with van der Waals surface area (Å²) in [5.74, 6) is 0.206. The smallest absolute Gasteiger partial charge is 0.226 e. The highest BCUT2D eigenvalue weighted by molar-refractivity contribution is 5.81. The number of carbonyl (C=O) groups is 2. The van der Waals surface area contributed by atoms with Gasteiger partial charge in [0.05, 0.1) is 6.42 Å². The molecule has 1 aliphatic rings. The molecule has 5 heteroatoms. The molecule has 0 spiro atoms. The fourth-order valence-electron chi connectivity index (χ4n) is 3.22. The molecule has 1 aromatic carbocycles. The Hall–Kier alpha value is -2.69. The molecule has 0 saturated carbocycles. The third kappa shape index (κ3) is 4.91. The van der Waals surface area contributed by atoms with E-state index in [9.17, 15) is 9.59 Å². The van der Waals surface area contributed by atoms with Gasteiger partial charge < -0.3 is 10.2 Å². The van der Waals surface area contributed by atoms with Gasteiger partial charge >= 0.3 is 0 Å². The summed E-state index contributed by atoms with van der Waals surface area (Å²) in [6, 6.07) is 11.9. The third-order valence-corrected chi connectivity index (χ3v) is 4.91. The Morgan fingerprint density at radius 3 is 2.35 bits per heavy atom. The molecule has 26 heavy (non-hydrogen) atoms. The van der Waals surface area contributed by atoms with Crippen molar-refractivity contribution in [2.75, 3.05) is 13.1 Å². The van der Waals surface area contributed by atoms with Gasteiger partial charge in [-0.05, 0) is 43.0 Å². The highest BCUT2D eigenvalue weighted by atomic mass is 16.2. The fourth-order valence-corrected chi connectivity index (χ4v) is 3.22. The van der Waals surface area contributed by atoms with Crippen LogP contribution in [0.25, 0.3) is 0 Å². The lowest BCUT2D eigenvalue weighted by molar-refractivity contribution is -0.135. The van der Waals surface area contributed by atoms with Gasteiger partial charge in [-0.25, -0.2) is 0 Å². The van der Waals surface area contributed by atoms with E-state index in [4.69, 9.17) is 0 Å². The molecule has 5 nitrogen and oxygen atoms in total. The van der Waals surface area contributed by atoms with Crippen LogP contribution in [0.1, 0.15) is 29.5 Å². The van der Waals surface area contributed by atoms with E-state index in [0.29, 0.717) is 26.1 Å². The van der Waals surface area contributed by atoms with E-state index in [0.717, 1.165) is 24.0 Å². The first-order valence-electron chi connectivity index (χ1n) is 9.12. The quantitative estimate of drug-likeness (QED) is 0.900. The second-order valence-corrected chi connectivity index (χ2v) is 6.89. The highest BCUT2D eigenvalue weighted by Crippen LogP contribution is 2.18. The van der Waals surface area contributed by atoms with Gasteiger partial charge in [-0.3, -0.25) is 14.6 Å². The molecule has 1 N–H and O–H groups in total. The first-order chi connectivity index (χ1) is 12.6. The number of piperidine rings is 1. The summed E-state index contributed by atoms with van der Waals surface area (Å²) in [6.07, 6.45) is 5.32. The van der Waals surface area contributed by atoms with Gasteiger partial charge in [-0.2, -0.15) is 0 Å². The summed E-state index contributed by atoms with van der Waals surface area (Å²) >= 11 is 0. The minimum Gasteiger partial charge on any atom is -0.352 e. The molecule has 2 amide bonds. The van der Waals surface area contributed by atoms with Gasteiger partial charge in [0.15, 0.2) is 0 Å². The van der Waals surface area contributed by atoms with Crippen LogP contribution in [-0.4, -0.2) is 34.8 Å². The Morgan fingerprint density at radius 2 is 1.69 bits per heavy atom. The number of carbonyl (C=O) groups excluding carboxylic acids is 2. The van der Waals surface area contributed by atoms with Gasteiger partial charge in [0.25, 0.3) is 0 Å². The number of aromatic nitrogens is 1. The van der Waals surface area contributed by atoms with Gasteiger partial charge in [-0.1, -0.05) is 29.8 Å². The Morgan fingerprint density at radius 1 is 1.04 bits per heavy atom. The molecular weight excluding hydrogens is 326 g/mol. The van der Waals surface area contributed by atoms with E-state index in [2.05, 4.69) is 10.3 Å². The molecule has 3 rings (SSSR count). The standard InChI is InChI=1S/C21H25N3O2/c1-16-2-4-17(5-3-16)14-20(25)24-12-8-19(9-13-24)21(26)23-15-18-6-10-22-11-7-18/h2-7,10-11,19H,8-9,12-15H2,1H3,(H,23,26). The summed E-state index contributed by atoms with van der Waals surface area (Å²) in [5, 5.41) is 2.99. The predicted octanol–water partition coefficient (Wildman–Crippen LogP) is 2.49. The van der Waals surface area contributed by atoms with Crippen molar-refractivity contribution in [3.05, 3.63) is 65.5 Å². The van der Waals surface area contributed by atoms with Gasteiger partial charge in [0, 0.05) is 37.9 Å². The number of aryl methyl sites for hydroxylation is 1. The van der Waals surface area contributed by atoms with Crippen molar-refractivity contribution in [1.29, 1.82) is 0 Å². The summed E-state index contributed by atoms with van der Waals surface area (Å²) < 4.78 is 0. The van der Waals surface area contributed by atoms with Crippen LogP contribution < -0.4 is 5.32 Å². The second kappa shape index (κ2) is 8.61. The van der Waals surface area contributed by atoms with Crippen LogP contribution >= 0.6 is 0 Å². The van der Waals surface area contributed by atoms with Crippen molar-refractivity contribution in [3.63, 3.8) is 0 Å². The van der Waals surface area contributed by atoms with Gasteiger partial charge in [0.1, 0.15) is 0 Å². The zero-order valence-corrected chi connectivity index (χ0v) is 15.1. The highest BCUT2D eigenvalue weighted by Gasteiger charge is 2.27. The minimum atomic E-state index is -0.0136. The number of rotatable bonds is 5. The number of amides is 2. The van der Waals surface area contributed by atoms with Gasteiger partial charge in [-0.15, -0.1) is 0 Å². The monoisotopic (exact) mass is 351 g/mol. The Kier molecular flexibility index (Phi) is 6.00. The van der Waals surface area contributed by atoms with Crippen LogP contribution in [0.3, 0.4) is 0 Å². The molecule has 0 radical (unpaired) electrons. The van der Waals surface area contributed by atoms with Crippen LogP contribution in [0.2, 0.25) is 0 Å². The molecule has 1 aromatic heterocycles. The van der Waals surface area contributed by atoms with Crippen molar-refractivity contribution in [1.82, 2.24) is 15.2 Å². The normalized spacial score (nSPS) is 14.9. The molecule has 0 unspecified atom stereocenters. The number of nitrogens with one attached hydrogen (secondary N) is 1. The van der Waals surface area contributed by atoms with Crippen LogP contribution in [0.15, 0.2) is 48.8 Å². The maximum absolute atomic E-state index is 12.5. The number of hydrogen-bond donors (Lipinski definition) is 1. The van der Waals surface area contributed by atoms with Crippen molar-refractivity contribution < 1.29 is 9.59 Å². The van der Waals surface area contributed by atoms with Crippen LogP contribution in [0, 0.1) is 12.8 Å². The first-order valence-corrected chi connectivity index (χ1v) is 9.12. The Bertz CT molecular complexity index is 736. The fraction of sp³-hybridized carbons (Fsp3) is 0.381. The topological polar surface area (TPSA) is 62.3 Å². The SMILES string of the molecule is Cc1ccc(CC(=O)N2CCC(C(=O)NCc3ccncc3)CC2)cc1. The number of likely N-dealkylation sites (tertiary alicyclic amines) is 1. The molecule has 0 atom stereocenters. The zero-order valence-electron chi connectivity index (χ0n) is 15.1. The minimum absolute atomic E-state index is 0.0136. The molecule has 2 heterocycles. The lowest BCUT2D eigenvalue weighted by Crippen LogP contribution is -2.43. The number of benzene rings is 1. The Balaban J connectivity index is 1.43. The lowest BCUT2D eigenvalue weighted by Gasteiger charge is -2.31. The molecule has 1 fully saturated rings. The number of pyridine rings is 1. The van der Waals surface area contributed by atoms with E-state index >= 15 is 0 Å². The maximum Gasteiger partial charge on any atom is 0.226 e. The van der Waals surface area contributed by atoms with Gasteiger partial charge in [0.2, 0.25) is 11.8 Å². The van der Waals surface area contributed by atoms with Crippen molar-refractivity contribution >= 4 is 11.8 Å². The summed E-state index contributed by atoms with van der Waals surface area (Å²) in [6.45, 7) is 3.86. The van der Waals surface area contributed by atoms with Crippen molar-refractivity contribution in [2.24, 2.45) is 5.92 Å². The average Bonchev–Trinajstić information content (AvgIpc) is 2.69. The summed E-state index contributed by atoms with van der Waals surface area (Å²) in [4.78, 5) is 30.7. The zero-order chi connectivity index (χ0) is 18.4. The third-order valence-electron chi connectivity index (χ3n) is 4.91. The average molecular weight is 351 g/mol. The number of hydrogen-bond acceptors (Lipinski definition) is 3. The molecule has 136 valence electrons. The maximum atomic E-state index is 12.5. The first kappa shape index (κ1) is 18.1. The van der Waals surface area contributed by atoms with E-state index in [1.54, 1.807) is 12.4 Å². The van der Waals surface area contributed by atoms with E-state index < -0.39 is 0 Å². The van der Waals surface area contributed by atoms with E-state index in [1.165, 1.54) is 5.56 Å². The summed E-state index contributed by atoms with van der Waals surface area (Å²) in [7, 11) is 0. The van der Waals surface area contributed by atoms with Crippen molar-refractivity contribution in [3.8, 4) is 0 Å². The predicted molar refractivity (Wildman–Crippen MR) is 100 cm³/mol. The molecule has 1 saturated heterocycles. The molecule has 0 aliphatic carbocycles. The largest absolute Gasteiger partial charge is 0.352 e. The lowest BCUT2D eigenvalue weighted by atomic mass is 9.95. The summed E-state index contributed by atoms with van der Waals surface area (Å²) in [5.41, 5.74) is 3.27. The molecular formula is C21H25N3O2. The van der Waals surface area contributed by atoms with E-state index in [1.807, 2.05) is 48.2 Å². The van der Waals surface area contributed by atoms with Crippen molar-refractivity contribution in [2.45, 2.75) is 32.7 Å².